The molecule has 9 heteroatoms. The van der Waals surface area contributed by atoms with Gasteiger partial charge >= 0.3 is 12.3 Å². The summed E-state index contributed by atoms with van der Waals surface area (Å²) in [6, 6.07) is 8.13. The summed E-state index contributed by atoms with van der Waals surface area (Å²) in [5.41, 5.74) is 6.31. The summed E-state index contributed by atoms with van der Waals surface area (Å²) in [7, 11) is 0. The Morgan fingerprint density at radius 2 is 1.92 bits per heavy atom. The topological polar surface area (TPSA) is 80.5 Å². The molecule has 0 spiro atoms. The molecule has 1 amide bonds. The van der Waals surface area contributed by atoms with E-state index >= 15 is 0 Å². The van der Waals surface area contributed by atoms with Crippen LogP contribution >= 0.6 is 0 Å². The number of carbonyl (C=O) groups excluding carboxylic acids is 1. The molecule has 0 saturated carbocycles. The van der Waals surface area contributed by atoms with E-state index in [2.05, 4.69) is 10.3 Å². The summed E-state index contributed by atoms with van der Waals surface area (Å²) in [5.74, 6) is 0.616. The Balaban J connectivity index is 1.65. The Bertz CT molecular complexity index is 778. The fraction of sp³-hybridized carbons (Fsp3) is 0.250. The first kappa shape index (κ1) is 16.9. The lowest BCUT2D eigenvalue weighted by molar-refractivity contribution is -0.137. The zero-order valence-electron chi connectivity index (χ0n) is 13.0. The summed E-state index contributed by atoms with van der Waals surface area (Å²) in [6.45, 7) is 0.991. The third-order valence-electron chi connectivity index (χ3n) is 3.71. The predicted molar refractivity (Wildman–Crippen MR) is 86.1 cm³/mol. The standard InChI is InChI=1S/C16H15F3N4O2/c17-16(18,19)11-3-1-10(2-4-11)9-21-13-6-5-12(14(20)22-13)23-7-8-25-15(23)24/h1-6H,7-9H2,(H3,20,21,22). The van der Waals surface area contributed by atoms with Crippen LogP contribution in [0.3, 0.4) is 0 Å². The Kier molecular flexibility index (Phi) is 4.39. The van der Waals surface area contributed by atoms with E-state index in [1.54, 1.807) is 12.1 Å². The second kappa shape index (κ2) is 6.50. The van der Waals surface area contributed by atoms with Crippen LogP contribution in [0.25, 0.3) is 0 Å². The van der Waals surface area contributed by atoms with Crippen LogP contribution in [0, 0.1) is 0 Å². The van der Waals surface area contributed by atoms with Gasteiger partial charge in [-0.05, 0) is 29.8 Å². The van der Waals surface area contributed by atoms with E-state index < -0.39 is 17.8 Å². The molecule has 25 heavy (non-hydrogen) atoms. The first-order valence-electron chi connectivity index (χ1n) is 7.45. The number of halogens is 3. The number of hydrogen-bond donors (Lipinski definition) is 2. The smallest absolute Gasteiger partial charge is 0.416 e. The van der Waals surface area contributed by atoms with Crippen LogP contribution in [0.15, 0.2) is 36.4 Å². The van der Waals surface area contributed by atoms with Gasteiger partial charge in [0.1, 0.15) is 18.2 Å². The summed E-state index contributed by atoms with van der Waals surface area (Å²) < 4.78 is 42.4. The number of nitrogen functional groups attached to an aromatic ring is 1. The molecule has 1 fully saturated rings. The fourth-order valence-corrected chi connectivity index (χ4v) is 2.41. The molecular formula is C16H15F3N4O2. The molecule has 0 radical (unpaired) electrons. The van der Waals surface area contributed by atoms with Crippen LogP contribution in [-0.2, 0) is 17.5 Å². The van der Waals surface area contributed by atoms with Gasteiger partial charge in [0.2, 0.25) is 0 Å². The zero-order chi connectivity index (χ0) is 18.0. The van der Waals surface area contributed by atoms with Gasteiger partial charge in [-0.1, -0.05) is 12.1 Å². The van der Waals surface area contributed by atoms with Crippen molar-refractivity contribution in [1.29, 1.82) is 0 Å². The number of amides is 1. The number of aromatic nitrogens is 1. The van der Waals surface area contributed by atoms with Crippen LogP contribution in [-0.4, -0.2) is 24.2 Å². The van der Waals surface area contributed by atoms with E-state index in [-0.39, 0.29) is 12.4 Å². The molecule has 1 aliphatic heterocycles. The van der Waals surface area contributed by atoms with E-state index in [9.17, 15) is 18.0 Å². The van der Waals surface area contributed by atoms with Crippen molar-refractivity contribution in [2.24, 2.45) is 0 Å². The van der Waals surface area contributed by atoms with Gasteiger partial charge in [0, 0.05) is 6.54 Å². The van der Waals surface area contributed by atoms with Crippen molar-refractivity contribution in [3.63, 3.8) is 0 Å². The van der Waals surface area contributed by atoms with Crippen molar-refractivity contribution in [2.75, 3.05) is 29.1 Å². The number of nitrogens with one attached hydrogen (secondary N) is 1. The fourth-order valence-electron chi connectivity index (χ4n) is 2.41. The summed E-state index contributed by atoms with van der Waals surface area (Å²) >= 11 is 0. The molecule has 1 aliphatic rings. The quantitative estimate of drug-likeness (QED) is 0.883. The maximum absolute atomic E-state index is 12.5. The number of pyridine rings is 1. The Morgan fingerprint density at radius 1 is 1.20 bits per heavy atom. The van der Waals surface area contributed by atoms with Gasteiger partial charge < -0.3 is 15.8 Å². The lowest BCUT2D eigenvalue weighted by Gasteiger charge is -2.15. The number of alkyl halides is 3. The molecule has 132 valence electrons. The summed E-state index contributed by atoms with van der Waals surface area (Å²) in [6.07, 6.45) is -4.83. The number of nitrogens with two attached hydrogens (primary N) is 1. The minimum absolute atomic E-state index is 0.163. The third kappa shape index (κ3) is 3.76. The number of cyclic esters (lactones) is 1. The highest BCUT2D eigenvalue weighted by molar-refractivity contribution is 5.92. The molecule has 2 heterocycles. The number of carbonyl (C=O) groups is 1. The average molecular weight is 352 g/mol. The molecule has 3 N–H and O–H groups in total. The van der Waals surface area contributed by atoms with Crippen molar-refractivity contribution in [1.82, 2.24) is 4.98 Å². The molecule has 0 unspecified atom stereocenters. The molecule has 3 rings (SSSR count). The largest absolute Gasteiger partial charge is 0.447 e. The summed E-state index contributed by atoms with van der Waals surface area (Å²) in [5, 5.41) is 2.98. The maximum Gasteiger partial charge on any atom is 0.416 e. The van der Waals surface area contributed by atoms with Gasteiger partial charge in [0.05, 0.1) is 17.8 Å². The second-order valence-corrected chi connectivity index (χ2v) is 5.42. The first-order chi connectivity index (χ1) is 11.8. The van der Waals surface area contributed by atoms with E-state index in [4.69, 9.17) is 10.5 Å². The summed E-state index contributed by atoms with van der Waals surface area (Å²) in [4.78, 5) is 17.1. The normalized spacial score (nSPS) is 14.5. The van der Waals surface area contributed by atoms with Crippen LogP contribution in [0.2, 0.25) is 0 Å². The minimum Gasteiger partial charge on any atom is -0.447 e. The first-order valence-corrected chi connectivity index (χ1v) is 7.45. The molecule has 0 aliphatic carbocycles. The van der Waals surface area contributed by atoms with Gasteiger partial charge in [-0.2, -0.15) is 13.2 Å². The average Bonchev–Trinajstić information content (AvgIpc) is 2.98. The molecule has 2 aromatic rings. The third-order valence-corrected chi connectivity index (χ3v) is 3.71. The molecule has 1 saturated heterocycles. The van der Waals surface area contributed by atoms with Gasteiger partial charge in [-0.25, -0.2) is 9.78 Å². The Labute approximate surface area is 141 Å². The zero-order valence-corrected chi connectivity index (χ0v) is 13.0. The predicted octanol–water partition coefficient (Wildman–Crippen LogP) is 3.25. The highest BCUT2D eigenvalue weighted by atomic mass is 19.4. The van der Waals surface area contributed by atoms with Gasteiger partial charge in [0.15, 0.2) is 0 Å². The van der Waals surface area contributed by atoms with Crippen LogP contribution in [0.1, 0.15) is 11.1 Å². The monoisotopic (exact) mass is 352 g/mol. The van der Waals surface area contributed by atoms with Gasteiger partial charge in [0.25, 0.3) is 0 Å². The van der Waals surface area contributed by atoms with Gasteiger partial charge in [-0.15, -0.1) is 0 Å². The van der Waals surface area contributed by atoms with E-state index in [1.165, 1.54) is 17.0 Å². The Hall–Kier alpha value is -2.97. The van der Waals surface area contributed by atoms with E-state index in [0.717, 1.165) is 12.1 Å². The number of hydrogen-bond acceptors (Lipinski definition) is 5. The van der Waals surface area contributed by atoms with Crippen molar-refractivity contribution in [3.05, 3.63) is 47.5 Å². The number of anilines is 3. The number of rotatable bonds is 4. The Morgan fingerprint density at radius 3 is 2.48 bits per heavy atom. The lowest BCUT2D eigenvalue weighted by atomic mass is 10.1. The molecule has 6 nitrogen and oxygen atoms in total. The van der Waals surface area contributed by atoms with Crippen molar-refractivity contribution in [2.45, 2.75) is 12.7 Å². The van der Waals surface area contributed by atoms with Crippen molar-refractivity contribution >= 4 is 23.4 Å². The van der Waals surface area contributed by atoms with Crippen LogP contribution in [0.4, 0.5) is 35.3 Å². The molecular weight excluding hydrogens is 337 g/mol. The molecule has 0 atom stereocenters. The highest BCUT2D eigenvalue weighted by Gasteiger charge is 2.30. The van der Waals surface area contributed by atoms with E-state index in [1.807, 2.05) is 0 Å². The van der Waals surface area contributed by atoms with Crippen molar-refractivity contribution in [3.8, 4) is 0 Å². The number of benzene rings is 1. The van der Waals surface area contributed by atoms with Gasteiger partial charge in [-0.3, -0.25) is 4.90 Å². The molecule has 0 bridgehead atoms. The van der Waals surface area contributed by atoms with E-state index in [0.29, 0.717) is 30.2 Å². The lowest BCUT2D eigenvalue weighted by Crippen LogP contribution is -2.24. The minimum atomic E-state index is -4.35. The molecule has 1 aromatic heterocycles. The van der Waals surface area contributed by atoms with Crippen LogP contribution < -0.4 is 16.0 Å². The molecule has 1 aromatic carbocycles. The number of nitrogens with zero attached hydrogens (tertiary/aromatic N) is 2. The highest BCUT2D eigenvalue weighted by Crippen LogP contribution is 2.29. The van der Waals surface area contributed by atoms with Crippen LogP contribution in [0.5, 0.6) is 0 Å². The number of ether oxygens (including phenoxy) is 1. The second-order valence-electron chi connectivity index (χ2n) is 5.42. The maximum atomic E-state index is 12.5. The van der Waals surface area contributed by atoms with Crippen molar-refractivity contribution < 1.29 is 22.7 Å². The SMILES string of the molecule is Nc1nc(NCc2ccc(C(F)(F)F)cc2)ccc1N1CCOC1=O.